The van der Waals surface area contributed by atoms with Gasteiger partial charge in [0.15, 0.2) is 0 Å². The third-order valence-corrected chi connectivity index (χ3v) is 3.67. The van der Waals surface area contributed by atoms with Gasteiger partial charge in [-0.2, -0.15) is 0 Å². The minimum atomic E-state index is -0.559. The molecule has 5 nitrogen and oxygen atoms in total. The van der Waals surface area contributed by atoms with Gasteiger partial charge in [-0.25, -0.2) is 4.79 Å². The van der Waals surface area contributed by atoms with Crippen LogP contribution in [0.1, 0.15) is 31.9 Å². The molecule has 122 valence electrons. The van der Waals surface area contributed by atoms with Gasteiger partial charge >= 0.3 is 6.03 Å². The van der Waals surface area contributed by atoms with Crippen LogP contribution in [0.2, 0.25) is 0 Å². The van der Waals surface area contributed by atoms with Crippen molar-refractivity contribution in [2.45, 2.75) is 45.4 Å². The van der Waals surface area contributed by atoms with Crippen LogP contribution in [0.5, 0.6) is 0 Å². The summed E-state index contributed by atoms with van der Waals surface area (Å²) >= 11 is 0. The highest BCUT2D eigenvalue weighted by atomic mass is 16.3. The highest BCUT2D eigenvalue weighted by molar-refractivity contribution is 5.74. The van der Waals surface area contributed by atoms with E-state index in [1.165, 1.54) is 11.1 Å². The summed E-state index contributed by atoms with van der Waals surface area (Å²) < 4.78 is 0. The Labute approximate surface area is 132 Å². The third-order valence-electron chi connectivity index (χ3n) is 3.67. The molecule has 1 unspecified atom stereocenters. The number of carbonyl (C=O) groups is 1. The molecule has 0 saturated heterocycles. The van der Waals surface area contributed by atoms with Crippen molar-refractivity contribution >= 4 is 6.03 Å². The average molecular weight is 305 g/mol. The molecule has 0 saturated carbocycles. The molecule has 2 amide bonds. The number of nitrogens with one attached hydrogen (secondary N) is 2. The van der Waals surface area contributed by atoms with Crippen molar-refractivity contribution in [2.24, 2.45) is 0 Å². The Morgan fingerprint density at radius 2 is 2.00 bits per heavy atom. The van der Waals surface area contributed by atoms with Gasteiger partial charge in [-0.3, -0.25) is 4.90 Å². The first-order valence-electron chi connectivity index (χ1n) is 7.87. The Bertz CT molecular complexity index is 511. The lowest BCUT2D eigenvalue weighted by Gasteiger charge is -2.30. The van der Waals surface area contributed by atoms with E-state index in [1.54, 1.807) is 0 Å². The number of aliphatic hydroxyl groups excluding tert-OH is 1. The Morgan fingerprint density at radius 1 is 1.32 bits per heavy atom. The predicted octanol–water partition coefficient (Wildman–Crippen LogP) is 1.50. The summed E-state index contributed by atoms with van der Waals surface area (Å²) in [5, 5.41) is 15.6. The minimum absolute atomic E-state index is 0.240. The maximum absolute atomic E-state index is 11.7. The van der Waals surface area contributed by atoms with Gasteiger partial charge in [-0.1, -0.05) is 24.3 Å². The normalized spacial score (nSPS) is 16.7. The number of benzene rings is 1. The summed E-state index contributed by atoms with van der Waals surface area (Å²) in [6.07, 6.45) is 0.455. The van der Waals surface area contributed by atoms with Gasteiger partial charge in [-0.05, 0) is 38.3 Å². The highest BCUT2D eigenvalue weighted by Gasteiger charge is 2.19. The summed E-state index contributed by atoms with van der Waals surface area (Å²) in [7, 11) is 0. The maximum atomic E-state index is 11.7. The van der Waals surface area contributed by atoms with E-state index < -0.39 is 6.10 Å². The molecule has 1 heterocycles. The highest BCUT2D eigenvalue weighted by Crippen LogP contribution is 2.18. The number of urea groups is 1. The molecule has 22 heavy (non-hydrogen) atoms. The standard InChI is InChI=1S/C17H27N3O2/c1-17(2,3)19-16(22)18-10-15(21)12-20-9-8-13-6-4-5-7-14(13)11-20/h4-7,15,21H,8-12H2,1-3H3,(H2,18,19,22). The van der Waals surface area contributed by atoms with Crippen molar-refractivity contribution in [1.82, 2.24) is 15.5 Å². The van der Waals surface area contributed by atoms with Crippen molar-refractivity contribution in [1.29, 1.82) is 0 Å². The van der Waals surface area contributed by atoms with E-state index in [9.17, 15) is 9.90 Å². The topological polar surface area (TPSA) is 64.6 Å². The molecule has 5 heteroatoms. The van der Waals surface area contributed by atoms with Crippen LogP contribution < -0.4 is 10.6 Å². The number of rotatable bonds is 4. The van der Waals surface area contributed by atoms with Crippen LogP contribution in [0.3, 0.4) is 0 Å². The van der Waals surface area contributed by atoms with E-state index in [1.807, 2.05) is 20.8 Å². The number of nitrogens with zero attached hydrogens (tertiary/aromatic N) is 1. The molecule has 2 rings (SSSR count). The molecular weight excluding hydrogens is 278 g/mol. The van der Waals surface area contributed by atoms with Gasteiger partial charge < -0.3 is 15.7 Å². The van der Waals surface area contributed by atoms with E-state index in [0.29, 0.717) is 6.54 Å². The predicted molar refractivity (Wildman–Crippen MR) is 87.7 cm³/mol. The lowest BCUT2D eigenvalue weighted by atomic mass is 10.00. The fourth-order valence-electron chi connectivity index (χ4n) is 2.67. The summed E-state index contributed by atoms with van der Waals surface area (Å²) in [5.41, 5.74) is 2.46. The van der Waals surface area contributed by atoms with Crippen LogP contribution in [-0.4, -0.2) is 47.3 Å². The summed E-state index contributed by atoms with van der Waals surface area (Å²) in [4.78, 5) is 13.9. The van der Waals surface area contributed by atoms with Crippen LogP contribution in [0.4, 0.5) is 4.79 Å². The van der Waals surface area contributed by atoms with E-state index in [0.717, 1.165) is 19.5 Å². The number of aliphatic hydroxyl groups is 1. The van der Waals surface area contributed by atoms with Gasteiger partial charge in [0.05, 0.1) is 6.10 Å². The fraction of sp³-hybridized carbons (Fsp3) is 0.588. The molecule has 1 atom stereocenters. The number of fused-ring (bicyclic) bond motifs is 1. The van der Waals surface area contributed by atoms with Crippen molar-refractivity contribution in [3.05, 3.63) is 35.4 Å². The first-order valence-corrected chi connectivity index (χ1v) is 7.87. The van der Waals surface area contributed by atoms with Crippen molar-refractivity contribution in [2.75, 3.05) is 19.6 Å². The van der Waals surface area contributed by atoms with Crippen molar-refractivity contribution < 1.29 is 9.90 Å². The second-order valence-electron chi connectivity index (χ2n) is 6.99. The molecular formula is C17H27N3O2. The average Bonchev–Trinajstić information content (AvgIpc) is 2.43. The molecule has 0 spiro atoms. The number of hydrogen-bond acceptors (Lipinski definition) is 3. The van der Waals surface area contributed by atoms with Gasteiger partial charge in [0.25, 0.3) is 0 Å². The molecule has 0 aliphatic carbocycles. The SMILES string of the molecule is CC(C)(C)NC(=O)NCC(O)CN1CCc2ccccc2C1. The van der Waals surface area contributed by atoms with E-state index in [4.69, 9.17) is 0 Å². The lowest BCUT2D eigenvalue weighted by molar-refractivity contribution is 0.105. The second-order valence-corrected chi connectivity index (χ2v) is 6.99. The van der Waals surface area contributed by atoms with Crippen LogP contribution in [0.15, 0.2) is 24.3 Å². The second kappa shape index (κ2) is 7.11. The van der Waals surface area contributed by atoms with Crippen molar-refractivity contribution in [3.8, 4) is 0 Å². The first kappa shape index (κ1) is 16.8. The van der Waals surface area contributed by atoms with Crippen LogP contribution in [-0.2, 0) is 13.0 Å². The fourth-order valence-corrected chi connectivity index (χ4v) is 2.67. The largest absolute Gasteiger partial charge is 0.390 e. The lowest BCUT2D eigenvalue weighted by Crippen LogP contribution is -2.49. The number of carbonyl (C=O) groups excluding carboxylic acids is 1. The zero-order chi connectivity index (χ0) is 16.2. The molecule has 0 fully saturated rings. The zero-order valence-electron chi connectivity index (χ0n) is 13.7. The van der Waals surface area contributed by atoms with E-state index in [-0.39, 0.29) is 18.1 Å². The molecule has 0 aromatic heterocycles. The Kier molecular flexibility index (Phi) is 5.42. The first-order chi connectivity index (χ1) is 10.3. The summed E-state index contributed by atoms with van der Waals surface area (Å²) in [6, 6.07) is 8.19. The zero-order valence-corrected chi connectivity index (χ0v) is 13.7. The number of hydrogen-bond donors (Lipinski definition) is 3. The Hall–Kier alpha value is -1.59. The molecule has 0 bridgehead atoms. The van der Waals surface area contributed by atoms with E-state index in [2.05, 4.69) is 39.8 Å². The summed E-state index contributed by atoms with van der Waals surface area (Å²) in [5.74, 6) is 0. The molecule has 1 aromatic carbocycles. The molecule has 1 aromatic rings. The number of amides is 2. The summed E-state index contributed by atoms with van der Waals surface area (Å²) in [6.45, 7) is 8.42. The van der Waals surface area contributed by atoms with Gasteiger partial charge in [0.1, 0.15) is 0 Å². The third kappa shape index (κ3) is 5.31. The number of β-amino-alcohol motifs (C(OH)–C–C–N with tert-alkyl or cyclic N) is 1. The van der Waals surface area contributed by atoms with E-state index >= 15 is 0 Å². The van der Waals surface area contributed by atoms with Gasteiger partial charge in [-0.15, -0.1) is 0 Å². The van der Waals surface area contributed by atoms with Crippen LogP contribution in [0.25, 0.3) is 0 Å². The molecule has 1 aliphatic rings. The Morgan fingerprint density at radius 3 is 2.68 bits per heavy atom. The maximum Gasteiger partial charge on any atom is 0.315 e. The molecule has 3 N–H and O–H groups in total. The quantitative estimate of drug-likeness (QED) is 0.790. The minimum Gasteiger partial charge on any atom is -0.390 e. The van der Waals surface area contributed by atoms with Crippen molar-refractivity contribution in [3.63, 3.8) is 0 Å². The van der Waals surface area contributed by atoms with Crippen LogP contribution in [0, 0.1) is 0 Å². The smallest absolute Gasteiger partial charge is 0.315 e. The molecule has 1 aliphatic heterocycles. The Balaban J connectivity index is 1.74. The molecule has 0 radical (unpaired) electrons. The van der Waals surface area contributed by atoms with Gasteiger partial charge in [0.2, 0.25) is 0 Å². The monoisotopic (exact) mass is 305 g/mol. The van der Waals surface area contributed by atoms with Crippen LogP contribution >= 0.6 is 0 Å². The van der Waals surface area contributed by atoms with Gasteiger partial charge in [0, 0.05) is 31.7 Å².